The van der Waals surface area contributed by atoms with Gasteiger partial charge in [0.1, 0.15) is 5.75 Å². The van der Waals surface area contributed by atoms with E-state index in [9.17, 15) is 0 Å². The first-order valence-corrected chi connectivity index (χ1v) is 6.86. The molecule has 1 aliphatic carbocycles. The smallest absolute Gasteiger partial charge is 0.122 e. The molecule has 2 rings (SSSR count). The Hall–Kier alpha value is -0.0200. The Kier molecular flexibility index (Phi) is 3.41. The van der Waals surface area contributed by atoms with Crippen molar-refractivity contribution in [1.29, 1.82) is 0 Å². The second-order valence-corrected chi connectivity index (χ2v) is 5.86. The highest BCUT2D eigenvalue weighted by atomic mass is 79.9. The maximum Gasteiger partial charge on any atom is 0.122 e. The largest absolute Gasteiger partial charge is 0.496 e. The van der Waals surface area contributed by atoms with Crippen LogP contribution in [0.5, 0.6) is 5.75 Å². The summed E-state index contributed by atoms with van der Waals surface area (Å²) in [5.41, 5.74) is 4.00. The fourth-order valence-corrected chi connectivity index (χ4v) is 3.96. The normalized spacial score (nSPS) is 19.9. The number of halogens is 2. The standard InChI is InChI=1S/C12H14Br2O/c1-7-6-10(15-2)8-4-3-5-9(13)11(8)12(7)14/h6,9H,3-5H2,1-2H3. The molecule has 1 aliphatic rings. The molecular formula is C12H14Br2O. The molecule has 3 heteroatoms. The number of ether oxygens (including phenoxy) is 1. The van der Waals surface area contributed by atoms with E-state index in [1.807, 2.05) is 0 Å². The minimum atomic E-state index is 0.462. The maximum absolute atomic E-state index is 5.46. The zero-order valence-corrected chi connectivity index (χ0v) is 12.1. The molecular weight excluding hydrogens is 320 g/mol. The van der Waals surface area contributed by atoms with E-state index in [1.54, 1.807) is 7.11 Å². The van der Waals surface area contributed by atoms with Gasteiger partial charge in [0.05, 0.1) is 7.11 Å². The Morgan fingerprint density at radius 3 is 2.87 bits per heavy atom. The fraction of sp³-hybridized carbons (Fsp3) is 0.500. The average Bonchev–Trinajstić information content (AvgIpc) is 2.23. The van der Waals surface area contributed by atoms with Crippen LogP contribution in [-0.4, -0.2) is 7.11 Å². The molecule has 0 amide bonds. The van der Waals surface area contributed by atoms with Crippen LogP contribution in [0.4, 0.5) is 0 Å². The molecule has 0 aliphatic heterocycles. The number of fused-ring (bicyclic) bond motifs is 1. The zero-order chi connectivity index (χ0) is 11.0. The summed E-state index contributed by atoms with van der Waals surface area (Å²) >= 11 is 7.43. The maximum atomic E-state index is 5.46. The molecule has 0 heterocycles. The van der Waals surface area contributed by atoms with Gasteiger partial charge in [-0.1, -0.05) is 31.9 Å². The van der Waals surface area contributed by atoms with Crippen LogP contribution in [0.15, 0.2) is 10.5 Å². The molecule has 0 spiro atoms. The first kappa shape index (κ1) is 11.5. The molecule has 1 nitrogen and oxygen atoms in total. The second kappa shape index (κ2) is 4.46. The molecule has 0 saturated carbocycles. The first-order chi connectivity index (χ1) is 7.15. The van der Waals surface area contributed by atoms with Gasteiger partial charge in [-0.15, -0.1) is 0 Å². The van der Waals surface area contributed by atoms with E-state index in [-0.39, 0.29) is 0 Å². The third kappa shape index (κ3) is 1.96. The van der Waals surface area contributed by atoms with Crippen molar-refractivity contribution in [3.8, 4) is 5.75 Å². The van der Waals surface area contributed by atoms with Gasteiger partial charge in [0, 0.05) is 9.30 Å². The molecule has 15 heavy (non-hydrogen) atoms. The first-order valence-electron chi connectivity index (χ1n) is 5.15. The highest BCUT2D eigenvalue weighted by Gasteiger charge is 2.24. The average molecular weight is 334 g/mol. The Morgan fingerprint density at radius 1 is 1.47 bits per heavy atom. The van der Waals surface area contributed by atoms with Crippen molar-refractivity contribution in [1.82, 2.24) is 0 Å². The monoisotopic (exact) mass is 332 g/mol. The lowest BCUT2D eigenvalue weighted by Crippen LogP contribution is -2.09. The van der Waals surface area contributed by atoms with Crippen molar-refractivity contribution < 1.29 is 4.74 Å². The highest BCUT2D eigenvalue weighted by Crippen LogP contribution is 2.45. The predicted molar refractivity (Wildman–Crippen MR) is 70.0 cm³/mol. The van der Waals surface area contributed by atoms with Gasteiger partial charge in [-0.05, 0) is 48.9 Å². The summed E-state index contributed by atoms with van der Waals surface area (Å²) in [7, 11) is 1.75. The van der Waals surface area contributed by atoms with Crippen molar-refractivity contribution in [2.45, 2.75) is 31.0 Å². The lowest BCUT2D eigenvalue weighted by atomic mass is 9.89. The summed E-state index contributed by atoms with van der Waals surface area (Å²) in [6.07, 6.45) is 3.56. The van der Waals surface area contributed by atoms with Crippen LogP contribution in [0.25, 0.3) is 0 Å². The Balaban J connectivity index is 2.65. The van der Waals surface area contributed by atoms with Gasteiger partial charge in [-0.25, -0.2) is 0 Å². The number of hydrogen-bond donors (Lipinski definition) is 0. The minimum absolute atomic E-state index is 0.462. The number of hydrogen-bond acceptors (Lipinski definition) is 1. The number of benzene rings is 1. The summed E-state index contributed by atoms with van der Waals surface area (Å²) in [5, 5.41) is 0. The summed E-state index contributed by atoms with van der Waals surface area (Å²) in [4.78, 5) is 0.462. The topological polar surface area (TPSA) is 9.23 Å². The van der Waals surface area contributed by atoms with Crippen LogP contribution >= 0.6 is 31.9 Å². The van der Waals surface area contributed by atoms with Crippen LogP contribution in [-0.2, 0) is 6.42 Å². The van der Waals surface area contributed by atoms with Crippen LogP contribution in [0.1, 0.15) is 34.4 Å². The number of aryl methyl sites for hydroxylation is 1. The van der Waals surface area contributed by atoms with Gasteiger partial charge in [0.2, 0.25) is 0 Å². The van der Waals surface area contributed by atoms with Crippen LogP contribution in [0.3, 0.4) is 0 Å². The van der Waals surface area contributed by atoms with Crippen LogP contribution in [0, 0.1) is 6.92 Å². The molecule has 0 bridgehead atoms. The number of alkyl halides is 1. The van der Waals surface area contributed by atoms with Crippen molar-refractivity contribution >= 4 is 31.9 Å². The van der Waals surface area contributed by atoms with Gasteiger partial charge in [0.25, 0.3) is 0 Å². The predicted octanol–water partition coefficient (Wildman–Crippen LogP) is 4.54. The molecule has 1 atom stereocenters. The highest BCUT2D eigenvalue weighted by molar-refractivity contribution is 9.11. The third-order valence-electron chi connectivity index (χ3n) is 2.97. The van der Waals surface area contributed by atoms with Crippen molar-refractivity contribution in [2.75, 3.05) is 7.11 Å². The van der Waals surface area contributed by atoms with E-state index < -0.39 is 0 Å². The van der Waals surface area contributed by atoms with E-state index in [0.29, 0.717) is 4.83 Å². The molecule has 1 unspecified atom stereocenters. The fourth-order valence-electron chi connectivity index (χ4n) is 2.19. The Labute approximate surface area is 107 Å². The number of methoxy groups -OCH3 is 1. The van der Waals surface area contributed by atoms with E-state index in [2.05, 4.69) is 44.8 Å². The molecule has 82 valence electrons. The minimum Gasteiger partial charge on any atom is -0.496 e. The molecule has 1 aromatic rings. The summed E-state index contributed by atoms with van der Waals surface area (Å²) in [6.45, 7) is 2.11. The summed E-state index contributed by atoms with van der Waals surface area (Å²) in [6, 6.07) is 2.12. The molecule has 0 aromatic heterocycles. The summed E-state index contributed by atoms with van der Waals surface area (Å²) in [5.74, 6) is 1.04. The zero-order valence-electron chi connectivity index (χ0n) is 8.94. The van der Waals surface area contributed by atoms with E-state index >= 15 is 0 Å². The van der Waals surface area contributed by atoms with Crippen molar-refractivity contribution in [3.63, 3.8) is 0 Å². The lowest BCUT2D eigenvalue weighted by Gasteiger charge is -2.25. The van der Waals surface area contributed by atoms with Crippen molar-refractivity contribution in [2.24, 2.45) is 0 Å². The molecule has 0 fully saturated rings. The molecule has 0 radical (unpaired) electrons. The van der Waals surface area contributed by atoms with Crippen LogP contribution < -0.4 is 4.74 Å². The SMILES string of the molecule is COc1cc(C)c(Br)c2c1CCCC2Br. The molecule has 1 aromatic carbocycles. The third-order valence-corrected chi connectivity index (χ3v) is 4.94. The van der Waals surface area contributed by atoms with E-state index in [4.69, 9.17) is 4.74 Å². The molecule has 0 saturated heterocycles. The van der Waals surface area contributed by atoms with Gasteiger partial charge < -0.3 is 4.74 Å². The van der Waals surface area contributed by atoms with Gasteiger partial charge in [-0.3, -0.25) is 0 Å². The van der Waals surface area contributed by atoms with Gasteiger partial charge in [-0.2, -0.15) is 0 Å². The Morgan fingerprint density at radius 2 is 2.20 bits per heavy atom. The summed E-state index contributed by atoms with van der Waals surface area (Å²) < 4.78 is 6.69. The van der Waals surface area contributed by atoms with Gasteiger partial charge in [0.15, 0.2) is 0 Å². The van der Waals surface area contributed by atoms with E-state index in [0.717, 1.165) is 12.2 Å². The van der Waals surface area contributed by atoms with Gasteiger partial charge >= 0.3 is 0 Å². The quantitative estimate of drug-likeness (QED) is 0.686. The van der Waals surface area contributed by atoms with Crippen LogP contribution in [0.2, 0.25) is 0 Å². The molecule has 0 N–H and O–H groups in total. The second-order valence-electron chi connectivity index (χ2n) is 3.96. The number of rotatable bonds is 1. The van der Waals surface area contributed by atoms with Crippen molar-refractivity contribution in [3.05, 3.63) is 27.2 Å². The lowest BCUT2D eigenvalue weighted by molar-refractivity contribution is 0.405. The van der Waals surface area contributed by atoms with E-state index in [1.165, 1.54) is 34.0 Å². The Bertz CT molecular complexity index is 388.